The van der Waals surface area contributed by atoms with Crippen molar-refractivity contribution in [3.05, 3.63) is 40.4 Å². The Hall–Kier alpha value is -1.72. The summed E-state index contributed by atoms with van der Waals surface area (Å²) in [5.74, 6) is 0.676. The molecule has 5 nitrogen and oxygen atoms in total. The molecule has 20 heavy (non-hydrogen) atoms. The second kappa shape index (κ2) is 5.73. The molecule has 5 heteroatoms. The first-order valence-corrected chi connectivity index (χ1v) is 7.02. The standard InChI is InChI=1S/C15H19N3O2/c1-20-13-8-4-7-12(13)16-9-14-17-11-6-3-2-5-10(11)15(19)18-14/h2-3,5-6,12-13,16H,4,7-9H2,1H3,(H,17,18,19). The van der Waals surface area contributed by atoms with Crippen LogP contribution in [0.5, 0.6) is 0 Å². The van der Waals surface area contributed by atoms with E-state index in [0.29, 0.717) is 23.8 Å². The Balaban J connectivity index is 1.76. The van der Waals surface area contributed by atoms with E-state index in [2.05, 4.69) is 15.3 Å². The number of methoxy groups -OCH3 is 1. The molecular formula is C15H19N3O2. The van der Waals surface area contributed by atoms with Crippen LogP contribution >= 0.6 is 0 Å². The number of hydrogen-bond acceptors (Lipinski definition) is 4. The van der Waals surface area contributed by atoms with Crippen molar-refractivity contribution >= 4 is 10.9 Å². The zero-order chi connectivity index (χ0) is 13.9. The predicted octanol–water partition coefficient (Wildman–Crippen LogP) is 1.58. The summed E-state index contributed by atoms with van der Waals surface area (Å²) in [6, 6.07) is 7.73. The minimum atomic E-state index is -0.0814. The summed E-state index contributed by atoms with van der Waals surface area (Å²) >= 11 is 0. The molecule has 0 aliphatic heterocycles. The van der Waals surface area contributed by atoms with Crippen LogP contribution in [-0.4, -0.2) is 29.2 Å². The van der Waals surface area contributed by atoms with E-state index in [1.165, 1.54) is 6.42 Å². The van der Waals surface area contributed by atoms with Crippen molar-refractivity contribution in [3.63, 3.8) is 0 Å². The number of fused-ring (bicyclic) bond motifs is 1. The quantitative estimate of drug-likeness (QED) is 0.887. The van der Waals surface area contributed by atoms with E-state index in [1.54, 1.807) is 13.2 Å². The molecule has 0 saturated heterocycles. The average Bonchev–Trinajstić information content (AvgIpc) is 2.93. The Morgan fingerprint density at radius 1 is 1.40 bits per heavy atom. The van der Waals surface area contributed by atoms with Crippen molar-refractivity contribution in [2.45, 2.75) is 38.0 Å². The molecule has 1 heterocycles. The van der Waals surface area contributed by atoms with Gasteiger partial charge in [-0.1, -0.05) is 12.1 Å². The molecule has 1 aromatic carbocycles. The Morgan fingerprint density at radius 3 is 3.10 bits per heavy atom. The maximum Gasteiger partial charge on any atom is 0.258 e. The van der Waals surface area contributed by atoms with Gasteiger partial charge >= 0.3 is 0 Å². The largest absolute Gasteiger partial charge is 0.380 e. The van der Waals surface area contributed by atoms with Crippen LogP contribution in [0.4, 0.5) is 0 Å². The number of ether oxygens (including phenoxy) is 1. The van der Waals surface area contributed by atoms with Gasteiger partial charge in [0.2, 0.25) is 0 Å². The summed E-state index contributed by atoms with van der Waals surface area (Å²) in [6.45, 7) is 0.560. The highest BCUT2D eigenvalue weighted by Crippen LogP contribution is 2.21. The van der Waals surface area contributed by atoms with Gasteiger partial charge in [0.15, 0.2) is 0 Å². The second-order valence-corrected chi connectivity index (χ2v) is 5.22. The molecule has 1 aromatic heterocycles. The third kappa shape index (κ3) is 2.59. The number of hydrogen-bond donors (Lipinski definition) is 2. The summed E-state index contributed by atoms with van der Waals surface area (Å²) in [5, 5.41) is 4.06. The molecule has 2 atom stereocenters. The predicted molar refractivity (Wildman–Crippen MR) is 77.6 cm³/mol. The fraction of sp³-hybridized carbons (Fsp3) is 0.467. The summed E-state index contributed by atoms with van der Waals surface area (Å²) in [4.78, 5) is 19.3. The SMILES string of the molecule is COC1CCCC1NCc1nc2ccccc2c(=O)[nH]1. The lowest BCUT2D eigenvalue weighted by atomic mass is 10.2. The third-order valence-corrected chi connectivity index (χ3v) is 3.95. The third-order valence-electron chi connectivity index (χ3n) is 3.95. The van der Waals surface area contributed by atoms with Crippen LogP contribution in [0.2, 0.25) is 0 Å². The lowest BCUT2D eigenvalue weighted by Crippen LogP contribution is -2.37. The van der Waals surface area contributed by atoms with Gasteiger partial charge in [0.1, 0.15) is 5.82 Å². The van der Waals surface area contributed by atoms with Gasteiger partial charge in [0, 0.05) is 13.2 Å². The second-order valence-electron chi connectivity index (χ2n) is 5.22. The van der Waals surface area contributed by atoms with E-state index in [1.807, 2.05) is 18.2 Å². The highest BCUT2D eigenvalue weighted by atomic mass is 16.5. The Labute approximate surface area is 117 Å². The van der Waals surface area contributed by atoms with Crippen molar-refractivity contribution < 1.29 is 4.74 Å². The summed E-state index contributed by atoms with van der Waals surface area (Å²) < 4.78 is 5.45. The van der Waals surface area contributed by atoms with E-state index in [0.717, 1.165) is 18.4 Å². The molecular weight excluding hydrogens is 254 g/mol. The topological polar surface area (TPSA) is 67.0 Å². The smallest absolute Gasteiger partial charge is 0.258 e. The fourth-order valence-electron chi connectivity index (χ4n) is 2.89. The van der Waals surface area contributed by atoms with E-state index in [-0.39, 0.29) is 11.7 Å². The Bertz CT molecular complexity index is 653. The minimum absolute atomic E-state index is 0.0814. The highest BCUT2D eigenvalue weighted by Gasteiger charge is 2.26. The van der Waals surface area contributed by atoms with Crippen molar-refractivity contribution in [2.75, 3.05) is 7.11 Å². The number of nitrogens with one attached hydrogen (secondary N) is 2. The van der Waals surface area contributed by atoms with Crippen molar-refractivity contribution in [1.82, 2.24) is 15.3 Å². The summed E-state index contributed by atoms with van der Waals surface area (Å²) in [6.07, 6.45) is 3.64. The van der Waals surface area contributed by atoms with Crippen LogP contribution in [0.15, 0.2) is 29.1 Å². The van der Waals surface area contributed by atoms with Gasteiger partial charge in [-0.3, -0.25) is 4.79 Å². The number of H-pyrrole nitrogens is 1. The van der Waals surface area contributed by atoms with Crippen LogP contribution in [0.1, 0.15) is 25.1 Å². The number of aromatic nitrogens is 2. The van der Waals surface area contributed by atoms with Gasteiger partial charge in [-0.05, 0) is 31.4 Å². The van der Waals surface area contributed by atoms with Crippen LogP contribution in [0, 0.1) is 0 Å². The normalized spacial score (nSPS) is 22.4. The number of nitrogens with zero attached hydrogens (tertiary/aromatic N) is 1. The summed E-state index contributed by atoms with van der Waals surface area (Å²) in [5.41, 5.74) is 0.657. The molecule has 3 rings (SSSR count). The molecule has 2 N–H and O–H groups in total. The minimum Gasteiger partial charge on any atom is -0.380 e. The van der Waals surface area contributed by atoms with Gasteiger partial charge in [-0.25, -0.2) is 4.98 Å². The highest BCUT2D eigenvalue weighted by molar-refractivity contribution is 5.77. The van der Waals surface area contributed by atoms with Crippen LogP contribution < -0.4 is 10.9 Å². The van der Waals surface area contributed by atoms with E-state index in [9.17, 15) is 4.79 Å². The Kier molecular flexibility index (Phi) is 3.80. The first kappa shape index (κ1) is 13.3. The fourth-order valence-corrected chi connectivity index (χ4v) is 2.89. The van der Waals surface area contributed by atoms with E-state index >= 15 is 0 Å². The maximum absolute atomic E-state index is 12.0. The number of aromatic amines is 1. The molecule has 2 aromatic rings. The zero-order valence-electron chi connectivity index (χ0n) is 11.6. The molecule has 2 unspecified atom stereocenters. The van der Waals surface area contributed by atoms with Crippen molar-refractivity contribution in [2.24, 2.45) is 0 Å². The van der Waals surface area contributed by atoms with Gasteiger partial charge in [0.25, 0.3) is 5.56 Å². The number of benzene rings is 1. The average molecular weight is 273 g/mol. The van der Waals surface area contributed by atoms with Gasteiger partial charge in [-0.15, -0.1) is 0 Å². The molecule has 1 fully saturated rings. The molecule has 0 radical (unpaired) electrons. The molecule has 1 aliphatic carbocycles. The molecule has 106 valence electrons. The van der Waals surface area contributed by atoms with Gasteiger partial charge in [0.05, 0.1) is 23.6 Å². The molecule has 1 saturated carbocycles. The van der Waals surface area contributed by atoms with Crippen LogP contribution in [0.3, 0.4) is 0 Å². The van der Waals surface area contributed by atoms with Gasteiger partial charge in [-0.2, -0.15) is 0 Å². The van der Waals surface area contributed by atoms with Crippen molar-refractivity contribution in [1.29, 1.82) is 0 Å². The van der Waals surface area contributed by atoms with Crippen LogP contribution in [-0.2, 0) is 11.3 Å². The summed E-state index contributed by atoms with van der Waals surface area (Å²) in [7, 11) is 1.75. The van der Waals surface area contributed by atoms with Crippen LogP contribution in [0.25, 0.3) is 10.9 Å². The zero-order valence-corrected chi connectivity index (χ0v) is 11.6. The first-order chi connectivity index (χ1) is 9.78. The number of rotatable bonds is 4. The van der Waals surface area contributed by atoms with E-state index < -0.39 is 0 Å². The first-order valence-electron chi connectivity index (χ1n) is 7.02. The molecule has 1 aliphatic rings. The number of para-hydroxylation sites is 1. The monoisotopic (exact) mass is 273 g/mol. The Morgan fingerprint density at radius 2 is 2.25 bits per heavy atom. The maximum atomic E-state index is 12.0. The molecule has 0 bridgehead atoms. The van der Waals surface area contributed by atoms with Crippen molar-refractivity contribution in [3.8, 4) is 0 Å². The lowest BCUT2D eigenvalue weighted by molar-refractivity contribution is 0.0845. The molecule has 0 spiro atoms. The van der Waals surface area contributed by atoms with Gasteiger partial charge < -0.3 is 15.0 Å². The van der Waals surface area contributed by atoms with E-state index in [4.69, 9.17) is 4.74 Å². The lowest BCUT2D eigenvalue weighted by Gasteiger charge is -2.19. The molecule has 0 amide bonds.